The Morgan fingerprint density at radius 3 is 2.45 bits per heavy atom. The first-order chi connectivity index (χ1) is 14.0. The smallest absolute Gasteiger partial charge is 0.236 e. The maximum absolute atomic E-state index is 13.0. The van der Waals surface area contributed by atoms with Gasteiger partial charge in [0.05, 0.1) is 17.7 Å². The summed E-state index contributed by atoms with van der Waals surface area (Å²) in [6.07, 6.45) is 2.40. The van der Waals surface area contributed by atoms with Gasteiger partial charge < -0.3 is 9.80 Å². The van der Waals surface area contributed by atoms with E-state index in [2.05, 4.69) is 15.5 Å². The third kappa shape index (κ3) is 4.75. The minimum absolute atomic E-state index is 0.00487. The minimum Gasteiger partial charge on any atom is -0.339 e. The molecule has 154 valence electrons. The van der Waals surface area contributed by atoms with Crippen LogP contribution in [0.25, 0.3) is 0 Å². The summed E-state index contributed by atoms with van der Waals surface area (Å²) >= 11 is 1.38. The van der Waals surface area contributed by atoms with Gasteiger partial charge in [0, 0.05) is 26.2 Å². The Hall–Kier alpha value is -2.49. The maximum Gasteiger partial charge on any atom is 0.236 e. The molecule has 0 bridgehead atoms. The minimum atomic E-state index is -0.313. The number of benzene rings is 1. The van der Waals surface area contributed by atoms with Gasteiger partial charge in [0.2, 0.25) is 17.0 Å². The van der Waals surface area contributed by atoms with Crippen LogP contribution in [0, 0.1) is 5.82 Å². The standard InChI is InChI=1S/C19H23FN6O2S/c1-13(29-19-21-22-23-26(19)16-6-7-16)18(28)25-10-8-24(9-11-25)17(27)12-14-2-4-15(20)5-3-14/h2-5,13,16H,6-12H2,1H3. The number of hydrogen-bond donors (Lipinski definition) is 0. The van der Waals surface area contributed by atoms with E-state index >= 15 is 0 Å². The summed E-state index contributed by atoms with van der Waals surface area (Å²) in [5.74, 6) is -0.285. The van der Waals surface area contributed by atoms with Crippen LogP contribution in [0.5, 0.6) is 0 Å². The summed E-state index contributed by atoms with van der Waals surface area (Å²) in [4.78, 5) is 28.8. The normalized spacial score (nSPS) is 18.0. The van der Waals surface area contributed by atoms with Crippen molar-refractivity contribution in [3.8, 4) is 0 Å². The zero-order valence-corrected chi connectivity index (χ0v) is 17.0. The fraction of sp³-hybridized carbons (Fsp3) is 0.526. The first kappa shape index (κ1) is 19.8. The summed E-state index contributed by atoms with van der Waals surface area (Å²) in [5, 5.41) is 12.2. The number of tetrazole rings is 1. The summed E-state index contributed by atoms with van der Waals surface area (Å²) < 4.78 is 14.8. The number of amides is 2. The second-order valence-electron chi connectivity index (χ2n) is 7.41. The average molecular weight is 418 g/mol. The molecule has 1 atom stereocenters. The summed E-state index contributed by atoms with van der Waals surface area (Å²) in [6, 6.07) is 6.34. The van der Waals surface area contributed by atoms with Gasteiger partial charge in [-0.25, -0.2) is 9.07 Å². The molecule has 0 N–H and O–H groups in total. The highest BCUT2D eigenvalue weighted by atomic mass is 32.2. The van der Waals surface area contributed by atoms with E-state index in [1.165, 1.54) is 23.9 Å². The van der Waals surface area contributed by atoms with Gasteiger partial charge in [0.15, 0.2) is 0 Å². The van der Waals surface area contributed by atoms with Crippen molar-refractivity contribution in [2.45, 2.75) is 42.6 Å². The Morgan fingerprint density at radius 2 is 1.79 bits per heavy atom. The number of thioether (sulfide) groups is 1. The van der Waals surface area contributed by atoms with E-state index in [1.807, 2.05) is 6.92 Å². The van der Waals surface area contributed by atoms with Gasteiger partial charge in [-0.2, -0.15) is 0 Å². The molecule has 1 aliphatic heterocycles. The van der Waals surface area contributed by atoms with Crippen molar-refractivity contribution in [2.75, 3.05) is 26.2 Å². The third-order valence-electron chi connectivity index (χ3n) is 5.20. The van der Waals surface area contributed by atoms with E-state index < -0.39 is 0 Å². The van der Waals surface area contributed by atoms with Crippen molar-refractivity contribution >= 4 is 23.6 Å². The number of carbonyl (C=O) groups is 2. The SMILES string of the molecule is CC(Sc1nnnn1C1CC1)C(=O)N1CCN(C(=O)Cc2ccc(F)cc2)CC1. The Balaban J connectivity index is 1.27. The van der Waals surface area contributed by atoms with Crippen molar-refractivity contribution in [1.29, 1.82) is 0 Å². The van der Waals surface area contributed by atoms with E-state index in [0.717, 1.165) is 18.4 Å². The van der Waals surface area contributed by atoms with Crippen molar-refractivity contribution in [3.05, 3.63) is 35.6 Å². The Kier molecular flexibility index (Phi) is 5.79. The molecule has 1 aliphatic carbocycles. The molecule has 1 aromatic heterocycles. The molecule has 2 aliphatic rings. The second-order valence-corrected chi connectivity index (χ2v) is 8.71. The predicted molar refractivity (Wildman–Crippen MR) is 105 cm³/mol. The van der Waals surface area contributed by atoms with Crippen molar-refractivity contribution < 1.29 is 14.0 Å². The molecule has 4 rings (SSSR count). The van der Waals surface area contributed by atoms with Crippen molar-refractivity contribution in [1.82, 2.24) is 30.0 Å². The number of carbonyl (C=O) groups excluding carboxylic acids is 2. The zero-order valence-electron chi connectivity index (χ0n) is 16.2. The van der Waals surface area contributed by atoms with E-state index in [9.17, 15) is 14.0 Å². The second kappa shape index (κ2) is 8.48. The number of nitrogens with zero attached hydrogens (tertiary/aromatic N) is 6. The molecule has 2 aromatic rings. The molecule has 10 heteroatoms. The quantitative estimate of drug-likeness (QED) is 0.662. The van der Waals surface area contributed by atoms with Crippen LogP contribution < -0.4 is 0 Å². The molecule has 1 aromatic carbocycles. The van der Waals surface area contributed by atoms with Gasteiger partial charge in [0.1, 0.15) is 5.82 Å². The van der Waals surface area contributed by atoms with Gasteiger partial charge in [0.25, 0.3) is 0 Å². The molecule has 1 saturated carbocycles. The third-order valence-corrected chi connectivity index (χ3v) is 6.23. The van der Waals surface area contributed by atoms with E-state index in [-0.39, 0.29) is 29.3 Å². The molecule has 1 saturated heterocycles. The van der Waals surface area contributed by atoms with Crippen LogP contribution in [-0.4, -0.2) is 73.3 Å². The van der Waals surface area contributed by atoms with Crippen molar-refractivity contribution in [2.24, 2.45) is 0 Å². The molecule has 0 spiro atoms. The molecule has 2 amide bonds. The van der Waals surface area contributed by atoms with Crippen LogP contribution in [0.2, 0.25) is 0 Å². The molecule has 2 heterocycles. The first-order valence-electron chi connectivity index (χ1n) is 9.77. The van der Waals surface area contributed by atoms with Gasteiger partial charge in [-0.3, -0.25) is 9.59 Å². The molecule has 29 heavy (non-hydrogen) atoms. The monoisotopic (exact) mass is 418 g/mol. The number of hydrogen-bond acceptors (Lipinski definition) is 6. The van der Waals surface area contributed by atoms with Crippen LogP contribution in [0.1, 0.15) is 31.4 Å². The van der Waals surface area contributed by atoms with E-state index in [0.29, 0.717) is 37.4 Å². The van der Waals surface area contributed by atoms with Gasteiger partial charge in [-0.15, -0.1) is 5.10 Å². The predicted octanol–water partition coefficient (Wildman–Crippen LogP) is 1.54. The molecule has 2 fully saturated rings. The number of piperazine rings is 1. The summed E-state index contributed by atoms with van der Waals surface area (Å²) in [7, 11) is 0. The van der Waals surface area contributed by atoms with Gasteiger partial charge in [-0.05, 0) is 47.9 Å². The van der Waals surface area contributed by atoms with Crippen LogP contribution in [0.4, 0.5) is 4.39 Å². The van der Waals surface area contributed by atoms with Crippen LogP contribution in [0.3, 0.4) is 0 Å². The highest BCUT2D eigenvalue weighted by molar-refractivity contribution is 8.00. The maximum atomic E-state index is 13.0. The lowest BCUT2D eigenvalue weighted by Gasteiger charge is -2.35. The van der Waals surface area contributed by atoms with E-state index in [1.54, 1.807) is 26.6 Å². The van der Waals surface area contributed by atoms with Crippen LogP contribution >= 0.6 is 11.8 Å². The van der Waals surface area contributed by atoms with Crippen LogP contribution in [-0.2, 0) is 16.0 Å². The lowest BCUT2D eigenvalue weighted by atomic mass is 10.1. The number of aromatic nitrogens is 4. The number of halogens is 1. The average Bonchev–Trinajstić information content (AvgIpc) is 3.48. The number of rotatable bonds is 6. The first-order valence-corrected chi connectivity index (χ1v) is 10.6. The molecular weight excluding hydrogens is 395 g/mol. The molecular formula is C19H23FN6O2S. The zero-order chi connectivity index (χ0) is 20.4. The summed E-state index contributed by atoms with van der Waals surface area (Å²) in [5.41, 5.74) is 0.785. The fourth-order valence-corrected chi connectivity index (χ4v) is 4.29. The lowest BCUT2D eigenvalue weighted by molar-refractivity contribution is -0.138. The van der Waals surface area contributed by atoms with Gasteiger partial charge >= 0.3 is 0 Å². The topological polar surface area (TPSA) is 84.2 Å². The van der Waals surface area contributed by atoms with Crippen LogP contribution in [0.15, 0.2) is 29.4 Å². The molecule has 0 radical (unpaired) electrons. The largest absolute Gasteiger partial charge is 0.339 e. The highest BCUT2D eigenvalue weighted by Crippen LogP contribution is 2.37. The Labute approximate surface area is 172 Å². The summed E-state index contributed by atoms with van der Waals surface area (Å²) in [6.45, 7) is 3.88. The fourth-order valence-electron chi connectivity index (χ4n) is 3.34. The van der Waals surface area contributed by atoms with E-state index in [4.69, 9.17) is 0 Å². The van der Waals surface area contributed by atoms with Gasteiger partial charge in [-0.1, -0.05) is 23.9 Å². The lowest BCUT2D eigenvalue weighted by Crippen LogP contribution is -2.52. The Morgan fingerprint density at radius 1 is 1.14 bits per heavy atom. The Bertz CT molecular complexity index is 877. The van der Waals surface area contributed by atoms with Crippen molar-refractivity contribution in [3.63, 3.8) is 0 Å². The molecule has 1 unspecified atom stereocenters. The highest BCUT2D eigenvalue weighted by Gasteiger charge is 2.31. The molecule has 8 nitrogen and oxygen atoms in total.